The van der Waals surface area contributed by atoms with Gasteiger partial charge < -0.3 is 5.32 Å². The van der Waals surface area contributed by atoms with E-state index in [1.807, 2.05) is 19.1 Å². The lowest BCUT2D eigenvalue weighted by Crippen LogP contribution is -2.32. The maximum absolute atomic E-state index is 12.1. The van der Waals surface area contributed by atoms with Crippen LogP contribution in [-0.4, -0.2) is 20.9 Å². The summed E-state index contributed by atoms with van der Waals surface area (Å²) in [5.74, 6) is -0.235. The molecular formula is C17H18BrClN2O3S. The third-order valence-corrected chi connectivity index (χ3v) is 5.77. The fraction of sp³-hybridized carbons (Fsp3) is 0.235. The highest BCUT2D eigenvalue weighted by Gasteiger charge is 2.15. The van der Waals surface area contributed by atoms with Crippen molar-refractivity contribution in [3.8, 4) is 0 Å². The topological polar surface area (TPSA) is 75.3 Å². The molecule has 1 atom stereocenters. The number of carbonyl (C=O) groups is 1. The molecule has 0 heterocycles. The molecule has 1 unspecified atom stereocenters. The molecule has 134 valence electrons. The highest BCUT2D eigenvalue weighted by molar-refractivity contribution is 9.10. The van der Waals surface area contributed by atoms with Crippen LogP contribution < -0.4 is 10.0 Å². The molecule has 0 spiro atoms. The summed E-state index contributed by atoms with van der Waals surface area (Å²) in [4.78, 5) is 12.1. The minimum atomic E-state index is -3.62. The fourth-order valence-corrected chi connectivity index (χ4v) is 3.57. The molecule has 2 N–H and O–H groups in total. The van der Waals surface area contributed by atoms with Gasteiger partial charge in [-0.3, -0.25) is 4.79 Å². The van der Waals surface area contributed by atoms with Crippen molar-refractivity contribution in [1.29, 1.82) is 0 Å². The van der Waals surface area contributed by atoms with Gasteiger partial charge in [0.05, 0.1) is 10.9 Å². The second-order valence-electron chi connectivity index (χ2n) is 5.44. The van der Waals surface area contributed by atoms with Crippen molar-refractivity contribution >= 4 is 43.5 Å². The molecule has 2 aromatic rings. The lowest BCUT2D eigenvalue weighted by molar-refractivity contribution is -0.121. The van der Waals surface area contributed by atoms with Crippen molar-refractivity contribution in [2.45, 2.75) is 24.3 Å². The summed E-state index contributed by atoms with van der Waals surface area (Å²) in [6.07, 6.45) is 0.0493. The van der Waals surface area contributed by atoms with Crippen LogP contribution in [0.5, 0.6) is 0 Å². The van der Waals surface area contributed by atoms with Crippen LogP contribution in [0.3, 0.4) is 0 Å². The van der Waals surface area contributed by atoms with E-state index in [0.717, 1.165) is 10.0 Å². The maximum atomic E-state index is 12.1. The first-order valence-corrected chi connectivity index (χ1v) is 10.2. The van der Waals surface area contributed by atoms with Crippen LogP contribution in [0.15, 0.2) is 57.9 Å². The van der Waals surface area contributed by atoms with Crippen molar-refractivity contribution in [2.24, 2.45) is 0 Å². The summed E-state index contributed by atoms with van der Waals surface area (Å²) in [7, 11) is -3.62. The van der Waals surface area contributed by atoms with E-state index in [2.05, 4.69) is 26.0 Å². The van der Waals surface area contributed by atoms with Gasteiger partial charge in [0.25, 0.3) is 0 Å². The molecule has 2 aromatic carbocycles. The van der Waals surface area contributed by atoms with E-state index in [4.69, 9.17) is 11.6 Å². The predicted octanol–water partition coefficient (Wildman–Crippen LogP) is 3.65. The first-order valence-electron chi connectivity index (χ1n) is 7.58. The minimum absolute atomic E-state index is 0.0254. The number of amides is 1. The molecule has 1 amide bonds. The fourth-order valence-electron chi connectivity index (χ4n) is 2.14. The van der Waals surface area contributed by atoms with E-state index in [1.165, 1.54) is 12.1 Å². The summed E-state index contributed by atoms with van der Waals surface area (Å²) in [5, 5.41) is 3.46. The number of sulfonamides is 1. The van der Waals surface area contributed by atoms with Gasteiger partial charge in [0.15, 0.2) is 0 Å². The Hall–Kier alpha value is -1.41. The molecular weight excluding hydrogens is 428 g/mol. The largest absolute Gasteiger partial charge is 0.350 e. The van der Waals surface area contributed by atoms with Gasteiger partial charge in [0.2, 0.25) is 15.9 Å². The Balaban J connectivity index is 1.83. The Morgan fingerprint density at radius 1 is 1.12 bits per heavy atom. The third kappa shape index (κ3) is 6.11. The molecule has 0 bridgehead atoms. The van der Waals surface area contributed by atoms with Gasteiger partial charge in [-0.1, -0.05) is 39.7 Å². The number of hydrogen-bond acceptors (Lipinski definition) is 3. The Morgan fingerprint density at radius 2 is 1.72 bits per heavy atom. The van der Waals surface area contributed by atoms with E-state index in [1.54, 1.807) is 24.3 Å². The average Bonchev–Trinajstić information content (AvgIpc) is 2.55. The van der Waals surface area contributed by atoms with Crippen molar-refractivity contribution in [1.82, 2.24) is 10.0 Å². The van der Waals surface area contributed by atoms with Gasteiger partial charge in [-0.05, 0) is 48.9 Å². The summed E-state index contributed by atoms with van der Waals surface area (Å²) in [6, 6.07) is 13.3. The second kappa shape index (κ2) is 8.80. The number of nitrogens with one attached hydrogen (secondary N) is 2. The van der Waals surface area contributed by atoms with Crippen LogP contribution in [0.4, 0.5) is 0 Å². The molecule has 0 aliphatic heterocycles. The van der Waals surface area contributed by atoms with E-state index < -0.39 is 10.0 Å². The second-order valence-corrected chi connectivity index (χ2v) is 8.56. The molecule has 25 heavy (non-hydrogen) atoms. The van der Waals surface area contributed by atoms with E-state index in [-0.39, 0.29) is 29.8 Å². The van der Waals surface area contributed by atoms with Crippen molar-refractivity contribution in [2.75, 3.05) is 6.54 Å². The van der Waals surface area contributed by atoms with Crippen LogP contribution in [0.2, 0.25) is 5.02 Å². The lowest BCUT2D eigenvalue weighted by Gasteiger charge is -2.14. The monoisotopic (exact) mass is 444 g/mol. The molecule has 8 heteroatoms. The van der Waals surface area contributed by atoms with E-state index in [0.29, 0.717) is 5.02 Å². The van der Waals surface area contributed by atoms with Crippen LogP contribution in [0, 0.1) is 0 Å². The van der Waals surface area contributed by atoms with Crippen molar-refractivity contribution < 1.29 is 13.2 Å². The lowest BCUT2D eigenvalue weighted by atomic mass is 10.1. The Bertz CT molecular complexity index is 824. The maximum Gasteiger partial charge on any atom is 0.240 e. The standard InChI is InChI=1S/C17H18BrClN2O3S/c1-12(13-2-6-15(19)7-3-13)21-17(22)10-11-20-25(23,24)16-8-4-14(18)5-9-16/h2-9,12,20H,10-11H2,1H3,(H,21,22). The SMILES string of the molecule is CC(NC(=O)CCNS(=O)(=O)c1ccc(Br)cc1)c1ccc(Cl)cc1. The van der Waals surface area contributed by atoms with Gasteiger partial charge in [0.1, 0.15) is 0 Å². The molecule has 0 saturated heterocycles. The highest BCUT2D eigenvalue weighted by atomic mass is 79.9. The number of halogens is 2. The van der Waals surface area contributed by atoms with Crippen LogP contribution in [0.25, 0.3) is 0 Å². The summed E-state index contributed by atoms with van der Waals surface area (Å²) in [5.41, 5.74) is 0.924. The zero-order valence-corrected chi connectivity index (χ0v) is 16.7. The van der Waals surface area contributed by atoms with E-state index >= 15 is 0 Å². The van der Waals surface area contributed by atoms with Gasteiger partial charge in [-0.15, -0.1) is 0 Å². The van der Waals surface area contributed by atoms with Crippen LogP contribution >= 0.6 is 27.5 Å². The molecule has 0 aromatic heterocycles. The average molecular weight is 446 g/mol. The Kier molecular flexibility index (Phi) is 7.01. The van der Waals surface area contributed by atoms with Crippen LogP contribution in [0.1, 0.15) is 24.9 Å². The Morgan fingerprint density at radius 3 is 2.32 bits per heavy atom. The van der Waals surface area contributed by atoms with Gasteiger partial charge in [-0.2, -0.15) is 0 Å². The minimum Gasteiger partial charge on any atom is -0.350 e. The zero-order valence-electron chi connectivity index (χ0n) is 13.5. The quantitative estimate of drug-likeness (QED) is 0.683. The molecule has 0 aliphatic carbocycles. The molecule has 5 nitrogen and oxygen atoms in total. The van der Waals surface area contributed by atoms with Gasteiger partial charge >= 0.3 is 0 Å². The first-order chi connectivity index (χ1) is 11.8. The van der Waals surface area contributed by atoms with Gasteiger partial charge in [-0.25, -0.2) is 13.1 Å². The Labute approximate surface area is 161 Å². The van der Waals surface area contributed by atoms with Crippen molar-refractivity contribution in [3.05, 3.63) is 63.6 Å². The smallest absolute Gasteiger partial charge is 0.240 e. The molecule has 0 aliphatic rings. The van der Waals surface area contributed by atoms with E-state index in [9.17, 15) is 13.2 Å². The summed E-state index contributed by atoms with van der Waals surface area (Å²) >= 11 is 9.09. The summed E-state index contributed by atoms with van der Waals surface area (Å²) in [6.45, 7) is 1.88. The molecule has 0 saturated carbocycles. The highest BCUT2D eigenvalue weighted by Crippen LogP contribution is 2.16. The first kappa shape index (κ1) is 19.9. The van der Waals surface area contributed by atoms with Crippen LogP contribution in [-0.2, 0) is 14.8 Å². The number of hydrogen-bond donors (Lipinski definition) is 2. The molecule has 2 rings (SSSR count). The van der Waals surface area contributed by atoms with Gasteiger partial charge in [0, 0.05) is 22.5 Å². The number of benzene rings is 2. The normalized spacial score (nSPS) is 12.6. The number of rotatable bonds is 7. The molecule has 0 radical (unpaired) electrons. The summed E-state index contributed by atoms with van der Waals surface area (Å²) < 4.78 is 27.5. The zero-order chi connectivity index (χ0) is 18.4. The third-order valence-electron chi connectivity index (χ3n) is 3.52. The molecule has 0 fully saturated rings. The van der Waals surface area contributed by atoms with Crippen molar-refractivity contribution in [3.63, 3.8) is 0 Å². The predicted molar refractivity (Wildman–Crippen MR) is 102 cm³/mol. The number of carbonyl (C=O) groups excluding carboxylic acids is 1.